The van der Waals surface area contributed by atoms with Crippen LogP contribution in [0, 0.1) is 5.92 Å². The summed E-state index contributed by atoms with van der Waals surface area (Å²) >= 11 is 0. The van der Waals surface area contributed by atoms with Crippen LogP contribution in [-0.2, 0) is 4.84 Å². The van der Waals surface area contributed by atoms with Gasteiger partial charge in [-0.25, -0.2) is 4.84 Å². The minimum atomic E-state index is 0.451. The summed E-state index contributed by atoms with van der Waals surface area (Å²) in [6.07, 6.45) is 0. The number of quaternary nitrogens is 1. The van der Waals surface area contributed by atoms with Crippen LogP contribution >= 0.6 is 0 Å². The van der Waals surface area contributed by atoms with Crippen molar-refractivity contribution in [3.8, 4) is 0 Å². The molecule has 3 heteroatoms. The fourth-order valence-electron chi connectivity index (χ4n) is 0.677. The van der Waals surface area contributed by atoms with Crippen LogP contribution in [0.2, 0.25) is 0 Å². The van der Waals surface area contributed by atoms with E-state index in [0.717, 1.165) is 13.2 Å². The fourth-order valence-corrected chi connectivity index (χ4v) is 0.677. The lowest BCUT2D eigenvalue weighted by Gasteiger charge is -2.07. The van der Waals surface area contributed by atoms with Gasteiger partial charge in [-0.2, -0.15) is 0 Å². The summed E-state index contributed by atoms with van der Waals surface area (Å²) in [5, 5.41) is 0.451. The Labute approximate surface area is 43.0 Å². The molecule has 0 amide bonds. The van der Waals surface area contributed by atoms with Crippen molar-refractivity contribution in [1.29, 1.82) is 0 Å². The van der Waals surface area contributed by atoms with E-state index in [9.17, 15) is 0 Å². The van der Waals surface area contributed by atoms with E-state index in [4.69, 9.17) is 10.7 Å². The predicted octanol–water partition coefficient (Wildman–Crippen LogP) is -0.580. The zero-order chi connectivity index (χ0) is 5.28. The van der Waals surface area contributed by atoms with Crippen LogP contribution in [0.3, 0.4) is 0 Å². The van der Waals surface area contributed by atoms with Gasteiger partial charge in [-0.1, -0.05) is 6.92 Å². The average molecular weight is 102 g/mol. The summed E-state index contributed by atoms with van der Waals surface area (Å²) in [5.74, 6) is 7.53. The first-order valence-electron chi connectivity index (χ1n) is 2.49. The molecule has 0 aromatic carbocycles. The van der Waals surface area contributed by atoms with E-state index in [2.05, 4.69) is 6.92 Å². The molecular weight excluding hydrogens is 92.1 g/mol. The largest absolute Gasteiger partial charge is 0.434 e. The van der Waals surface area contributed by atoms with Crippen molar-refractivity contribution in [3.05, 3.63) is 5.84 Å². The molecule has 1 rings (SSSR count). The number of hydrogen-bond acceptors (Lipinski definition) is 1. The maximum atomic E-state index is 6.96. The van der Waals surface area contributed by atoms with Gasteiger partial charge >= 0.3 is 0 Å². The third-order valence-corrected chi connectivity index (χ3v) is 1.08. The SMILES string of the molecule is CC1CO[NH+]([NH-])C1. The Morgan fingerprint density at radius 3 is 2.71 bits per heavy atom. The van der Waals surface area contributed by atoms with Gasteiger partial charge in [-0.15, -0.1) is 0 Å². The Balaban J connectivity index is 2.26. The molecule has 1 fully saturated rings. The second-order valence-corrected chi connectivity index (χ2v) is 2.04. The Hall–Kier alpha value is -0.120. The molecule has 0 spiro atoms. The minimum Gasteiger partial charge on any atom is -0.434 e. The molecular formula is C4H10N2O. The number of rotatable bonds is 0. The highest BCUT2D eigenvalue weighted by atomic mass is 16.7. The quantitative estimate of drug-likeness (QED) is 0.436. The summed E-state index contributed by atoms with van der Waals surface area (Å²) in [6.45, 7) is 3.67. The molecule has 1 saturated heterocycles. The summed E-state index contributed by atoms with van der Waals surface area (Å²) in [5.41, 5.74) is 0. The van der Waals surface area contributed by atoms with E-state index < -0.39 is 0 Å². The first-order valence-corrected chi connectivity index (χ1v) is 2.49. The highest BCUT2D eigenvalue weighted by Crippen LogP contribution is 1.93. The van der Waals surface area contributed by atoms with Crippen molar-refractivity contribution in [3.63, 3.8) is 0 Å². The molecule has 0 aliphatic carbocycles. The Morgan fingerprint density at radius 1 is 1.86 bits per heavy atom. The molecule has 1 aliphatic heterocycles. The van der Waals surface area contributed by atoms with Gasteiger partial charge in [0, 0.05) is 5.92 Å². The van der Waals surface area contributed by atoms with Gasteiger partial charge in [0.15, 0.2) is 0 Å². The van der Waals surface area contributed by atoms with Crippen LogP contribution in [0.5, 0.6) is 0 Å². The molecule has 7 heavy (non-hydrogen) atoms. The Bertz CT molecular complexity index is 58.7. The van der Waals surface area contributed by atoms with Crippen LogP contribution in [0.1, 0.15) is 6.92 Å². The third-order valence-electron chi connectivity index (χ3n) is 1.08. The molecule has 2 atom stereocenters. The van der Waals surface area contributed by atoms with E-state index in [-0.39, 0.29) is 0 Å². The van der Waals surface area contributed by atoms with Crippen molar-refractivity contribution in [1.82, 2.24) is 0 Å². The van der Waals surface area contributed by atoms with Crippen LogP contribution in [0.15, 0.2) is 0 Å². The Kier molecular flexibility index (Phi) is 1.27. The Morgan fingerprint density at radius 2 is 2.57 bits per heavy atom. The summed E-state index contributed by atoms with van der Waals surface area (Å²) < 4.78 is 0. The number of nitrogens with one attached hydrogen (secondary N) is 2. The molecule has 1 heterocycles. The van der Waals surface area contributed by atoms with Crippen LogP contribution in [0.4, 0.5) is 0 Å². The van der Waals surface area contributed by atoms with Gasteiger partial charge in [0.2, 0.25) is 0 Å². The van der Waals surface area contributed by atoms with Gasteiger partial charge < -0.3 is 5.84 Å². The summed E-state index contributed by atoms with van der Waals surface area (Å²) in [7, 11) is 0. The van der Waals surface area contributed by atoms with E-state index in [1.807, 2.05) is 0 Å². The molecule has 42 valence electrons. The molecule has 0 aromatic rings. The first-order chi connectivity index (χ1) is 3.29. The molecule has 0 aromatic heterocycles. The molecule has 1 aliphatic rings. The second-order valence-electron chi connectivity index (χ2n) is 2.04. The van der Waals surface area contributed by atoms with Crippen molar-refractivity contribution in [2.24, 2.45) is 5.92 Å². The number of hydrogen-bond donors (Lipinski definition) is 1. The smallest absolute Gasteiger partial charge is 0.113 e. The lowest BCUT2D eigenvalue weighted by atomic mass is 10.2. The molecule has 0 saturated carbocycles. The van der Waals surface area contributed by atoms with Crippen LogP contribution in [0.25, 0.3) is 5.84 Å². The van der Waals surface area contributed by atoms with E-state index in [1.54, 1.807) is 0 Å². The molecule has 0 bridgehead atoms. The van der Waals surface area contributed by atoms with Crippen molar-refractivity contribution < 1.29 is 10.0 Å². The normalized spacial score (nSPS) is 42.0. The molecule has 0 radical (unpaired) electrons. The van der Waals surface area contributed by atoms with Crippen molar-refractivity contribution in [2.45, 2.75) is 6.92 Å². The summed E-state index contributed by atoms with van der Waals surface area (Å²) in [4.78, 5) is 4.85. The average Bonchev–Trinajstić information content (AvgIpc) is 1.87. The van der Waals surface area contributed by atoms with E-state index in [0.29, 0.717) is 11.1 Å². The van der Waals surface area contributed by atoms with Crippen molar-refractivity contribution >= 4 is 0 Å². The maximum Gasteiger partial charge on any atom is 0.113 e. The van der Waals surface area contributed by atoms with Gasteiger partial charge in [0.25, 0.3) is 0 Å². The van der Waals surface area contributed by atoms with E-state index in [1.165, 1.54) is 0 Å². The van der Waals surface area contributed by atoms with Gasteiger partial charge in [-0.05, 0) is 0 Å². The zero-order valence-corrected chi connectivity index (χ0v) is 4.40. The predicted molar refractivity (Wildman–Crippen MR) is 25.3 cm³/mol. The first kappa shape index (κ1) is 5.03. The van der Waals surface area contributed by atoms with E-state index >= 15 is 0 Å². The highest BCUT2D eigenvalue weighted by Gasteiger charge is 2.16. The van der Waals surface area contributed by atoms with Gasteiger partial charge in [0.05, 0.1) is 0 Å². The lowest BCUT2D eigenvalue weighted by Crippen LogP contribution is -3.02. The van der Waals surface area contributed by atoms with Crippen LogP contribution < -0.4 is 5.17 Å². The number of hydroxylamine groups is 1. The topological polar surface area (TPSA) is 37.5 Å². The van der Waals surface area contributed by atoms with Gasteiger partial charge in [0.1, 0.15) is 13.2 Å². The monoisotopic (exact) mass is 102 g/mol. The highest BCUT2D eigenvalue weighted by molar-refractivity contribution is 4.47. The standard InChI is InChI=1S/C4H10N2O/c1-4-2-6(5)7-3-4/h4-6H,2-3H2,1H3. The zero-order valence-electron chi connectivity index (χ0n) is 4.40. The second kappa shape index (κ2) is 1.78. The third kappa shape index (κ3) is 1.12. The van der Waals surface area contributed by atoms with Gasteiger partial charge in [-0.3, -0.25) is 5.17 Å². The minimum absolute atomic E-state index is 0.451. The molecule has 2 unspecified atom stereocenters. The fraction of sp³-hybridized carbons (Fsp3) is 1.00. The molecule has 3 nitrogen and oxygen atoms in total. The van der Waals surface area contributed by atoms with Crippen molar-refractivity contribution in [2.75, 3.05) is 13.2 Å². The molecule has 2 N–H and O–H groups in total. The lowest BCUT2D eigenvalue weighted by molar-refractivity contribution is -1.04. The van der Waals surface area contributed by atoms with Crippen LogP contribution in [-0.4, -0.2) is 13.2 Å². The maximum absolute atomic E-state index is 6.96. The summed E-state index contributed by atoms with van der Waals surface area (Å²) in [6, 6.07) is 0.